The molecule has 0 radical (unpaired) electrons. The molecule has 1 atom stereocenters. The Kier molecular flexibility index (Phi) is 6.13. The van der Waals surface area contributed by atoms with Crippen LogP contribution < -0.4 is 16.0 Å². The number of rotatable bonds is 6. The summed E-state index contributed by atoms with van der Waals surface area (Å²) >= 11 is 1.51. The van der Waals surface area contributed by atoms with Crippen molar-refractivity contribution in [2.45, 2.75) is 18.7 Å². The van der Waals surface area contributed by atoms with Crippen molar-refractivity contribution in [2.24, 2.45) is 5.73 Å². The first-order valence-corrected chi connectivity index (χ1v) is 9.84. The summed E-state index contributed by atoms with van der Waals surface area (Å²) in [5.74, 6) is -0.100. The van der Waals surface area contributed by atoms with Gasteiger partial charge < -0.3 is 11.1 Å². The van der Waals surface area contributed by atoms with Crippen LogP contribution in [0, 0.1) is 12.7 Å². The Morgan fingerprint density at radius 1 is 1.30 bits per heavy atom. The topological polar surface area (TPSA) is 75.4 Å². The van der Waals surface area contributed by atoms with Gasteiger partial charge in [-0.1, -0.05) is 12.1 Å². The molecule has 3 rings (SSSR count). The van der Waals surface area contributed by atoms with Gasteiger partial charge in [-0.2, -0.15) is 0 Å². The number of nitrogens with two attached hydrogens (primary N) is 1. The predicted octanol–water partition coefficient (Wildman–Crippen LogP) is 2.99. The van der Waals surface area contributed by atoms with Crippen molar-refractivity contribution >= 4 is 29.3 Å². The normalized spacial score (nSPS) is 16.6. The number of nitrogens with zero attached hydrogens (tertiary/aromatic N) is 1. The Bertz CT molecular complexity index is 842. The van der Waals surface area contributed by atoms with Gasteiger partial charge in [0, 0.05) is 17.8 Å². The van der Waals surface area contributed by atoms with Crippen molar-refractivity contribution in [3.63, 3.8) is 0 Å². The Balaban J connectivity index is 1.84. The maximum Gasteiger partial charge on any atom is 0.251 e. The van der Waals surface area contributed by atoms with Gasteiger partial charge in [0.05, 0.1) is 5.75 Å². The fourth-order valence-electron chi connectivity index (χ4n) is 3.03. The standard InChI is InChI=1S/C20H22FN3O2S/c1-13-11-15(19(26)23-10-2-9-22)5-8-17(13)24-18(25)12-27-20(24)14-3-6-16(21)7-4-14/h3-8,11,20H,2,9-10,12,22H2,1H3,(H,23,26). The second-order valence-corrected chi connectivity index (χ2v) is 7.45. The van der Waals surface area contributed by atoms with E-state index in [4.69, 9.17) is 5.73 Å². The molecule has 5 nitrogen and oxygen atoms in total. The molecule has 1 saturated heterocycles. The SMILES string of the molecule is Cc1cc(C(=O)NCCCN)ccc1N1C(=O)CSC1c1ccc(F)cc1. The molecule has 142 valence electrons. The van der Waals surface area contributed by atoms with E-state index in [1.807, 2.05) is 6.92 Å². The summed E-state index contributed by atoms with van der Waals surface area (Å²) in [7, 11) is 0. The van der Waals surface area contributed by atoms with E-state index < -0.39 is 0 Å². The maximum absolute atomic E-state index is 13.2. The molecular formula is C20H22FN3O2S. The van der Waals surface area contributed by atoms with Gasteiger partial charge in [-0.15, -0.1) is 11.8 Å². The number of anilines is 1. The van der Waals surface area contributed by atoms with E-state index in [1.54, 1.807) is 35.2 Å². The van der Waals surface area contributed by atoms with Crippen LogP contribution in [0.5, 0.6) is 0 Å². The molecule has 0 bridgehead atoms. The lowest BCUT2D eigenvalue weighted by molar-refractivity contribution is -0.115. The summed E-state index contributed by atoms with van der Waals surface area (Å²) in [6, 6.07) is 11.5. The van der Waals surface area contributed by atoms with Gasteiger partial charge in [0.2, 0.25) is 5.91 Å². The Morgan fingerprint density at radius 2 is 2.04 bits per heavy atom. The van der Waals surface area contributed by atoms with Crippen LogP contribution in [0.25, 0.3) is 0 Å². The molecule has 1 aliphatic rings. The number of aryl methyl sites for hydroxylation is 1. The average molecular weight is 387 g/mol. The molecular weight excluding hydrogens is 365 g/mol. The first-order valence-electron chi connectivity index (χ1n) is 8.79. The van der Waals surface area contributed by atoms with Crippen LogP contribution in [-0.2, 0) is 4.79 Å². The van der Waals surface area contributed by atoms with E-state index in [2.05, 4.69) is 5.32 Å². The van der Waals surface area contributed by atoms with Crippen LogP contribution in [0.2, 0.25) is 0 Å². The summed E-state index contributed by atoms with van der Waals surface area (Å²) in [6.45, 7) is 2.94. The smallest absolute Gasteiger partial charge is 0.251 e. The molecule has 0 saturated carbocycles. The molecule has 1 aliphatic heterocycles. The quantitative estimate of drug-likeness (QED) is 0.747. The van der Waals surface area contributed by atoms with Gasteiger partial charge in [-0.25, -0.2) is 4.39 Å². The van der Waals surface area contributed by atoms with Crippen molar-refractivity contribution in [3.05, 3.63) is 65.0 Å². The zero-order valence-electron chi connectivity index (χ0n) is 15.1. The Hall–Kier alpha value is -2.38. The van der Waals surface area contributed by atoms with Crippen LogP contribution in [0.3, 0.4) is 0 Å². The minimum Gasteiger partial charge on any atom is -0.352 e. The lowest BCUT2D eigenvalue weighted by Crippen LogP contribution is -2.29. The van der Waals surface area contributed by atoms with Crippen LogP contribution in [-0.4, -0.2) is 30.7 Å². The van der Waals surface area contributed by atoms with E-state index >= 15 is 0 Å². The summed E-state index contributed by atoms with van der Waals surface area (Å²) in [5.41, 5.74) is 8.46. The van der Waals surface area contributed by atoms with E-state index in [0.29, 0.717) is 24.4 Å². The number of halogens is 1. The highest BCUT2D eigenvalue weighted by Crippen LogP contribution is 2.42. The van der Waals surface area contributed by atoms with Gasteiger partial charge in [0.25, 0.3) is 5.91 Å². The zero-order chi connectivity index (χ0) is 19.4. The minimum atomic E-state index is -0.305. The molecule has 7 heteroatoms. The third-order valence-electron chi connectivity index (χ3n) is 4.41. The molecule has 1 heterocycles. The fraction of sp³-hybridized carbons (Fsp3) is 0.300. The molecule has 2 aromatic carbocycles. The van der Waals surface area contributed by atoms with Crippen molar-refractivity contribution in [2.75, 3.05) is 23.7 Å². The Labute approximate surface area is 162 Å². The van der Waals surface area contributed by atoms with Gasteiger partial charge in [-0.3, -0.25) is 14.5 Å². The van der Waals surface area contributed by atoms with Crippen molar-refractivity contribution in [1.82, 2.24) is 5.32 Å². The minimum absolute atomic E-state index is 0.00225. The molecule has 0 aromatic heterocycles. The van der Waals surface area contributed by atoms with Crippen molar-refractivity contribution < 1.29 is 14.0 Å². The van der Waals surface area contributed by atoms with Gasteiger partial charge in [-0.05, 0) is 61.3 Å². The van der Waals surface area contributed by atoms with Crippen molar-refractivity contribution in [3.8, 4) is 0 Å². The first kappa shape index (κ1) is 19.4. The summed E-state index contributed by atoms with van der Waals surface area (Å²) in [6.07, 6.45) is 0.724. The molecule has 27 heavy (non-hydrogen) atoms. The lowest BCUT2D eigenvalue weighted by Gasteiger charge is -2.26. The highest BCUT2D eigenvalue weighted by Gasteiger charge is 2.34. The molecule has 3 N–H and O–H groups in total. The van der Waals surface area contributed by atoms with E-state index in [9.17, 15) is 14.0 Å². The van der Waals surface area contributed by atoms with Gasteiger partial charge in [0.15, 0.2) is 0 Å². The number of amides is 2. The average Bonchev–Trinajstić information content (AvgIpc) is 3.03. The Morgan fingerprint density at radius 3 is 2.70 bits per heavy atom. The van der Waals surface area contributed by atoms with E-state index in [0.717, 1.165) is 23.2 Å². The highest BCUT2D eigenvalue weighted by molar-refractivity contribution is 8.00. The largest absolute Gasteiger partial charge is 0.352 e. The van der Waals surface area contributed by atoms with E-state index in [-0.39, 0.29) is 23.0 Å². The molecule has 1 unspecified atom stereocenters. The number of nitrogens with one attached hydrogen (secondary N) is 1. The van der Waals surface area contributed by atoms with Crippen LogP contribution in [0.1, 0.15) is 33.3 Å². The maximum atomic E-state index is 13.2. The second kappa shape index (κ2) is 8.54. The van der Waals surface area contributed by atoms with Crippen LogP contribution in [0.4, 0.5) is 10.1 Å². The zero-order valence-corrected chi connectivity index (χ0v) is 15.9. The monoisotopic (exact) mass is 387 g/mol. The summed E-state index contributed by atoms with van der Waals surface area (Å²) in [4.78, 5) is 26.5. The van der Waals surface area contributed by atoms with Crippen molar-refractivity contribution in [1.29, 1.82) is 0 Å². The molecule has 1 fully saturated rings. The summed E-state index contributed by atoms with van der Waals surface area (Å²) < 4.78 is 13.2. The van der Waals surface area contributed by atoms with Gasteiger partial charge in [0.1, 0.15) is 11.2 Å². The molecule has 2 aromatic rings. The van der Waals surface area contributed by atoms with Gasteiger partial charge >= 0.3 is 0 Å². The first-order chi connectivity index (χ1) is 13.0. The third-order valence-corrected chi connectivity index (χ3v) is 5.62. The number of carbonyl (C=O) groups is 2. The molecule has 0 aliphatic carbocycles. The van der Waals surface area contributed by atoms with E-state index in [1.165, 1.54) is 23.9 Å². The lowest BCUT2D eigenvalue weighted by atomic mass is 10.1. The number of benzene rings is 2. The molecule has 0 spiro atoms. The fourth-order valence-corrected chi connectivity index (χ4v) is 4.20. The number of thioether (sulfide) groups is 1. The third kappa shape index (κ3) is 4.31. The number of carbonyl (C=O) groups excluding carboxylic acids is 2. The second-order valence-electron chi connectivity index (χ2n) is 6.38. The molecule has 2 amide bonds. The van der Waals surface area contributed by atoms with Crippen LogP contribution >= 0.6 is 11.8 Å². The summed E-state index contributed by atoms with van der Waals surface area (Å²) in [5, 5.41) is 2.62. The number of hydrogen-bond acceptors (Lipinski definition) is 4. The highest BCUT2D eigenvalue weighted by atomic mass is 32.2. The predicted molar refractivity (Wildman–Crippen MR) is 106 cm³/mol. The van der Waals surface area contributed by atoms with Crippen LogP contribution in [0.15, 0.2) is 42.5 Å². The number of hydrogen-bond donors (Lipinski definition) is 2.